The Morgan fingerprint density at radius 3 is 1.50 bits per heavy atom. The van der Waals surface area contributed by atoms with Crippen molar-refractivity contribution in [1.29, 1.82) is 0 Å². The molecule has 6 heteroatoms. The van der Waals surface area contributed by atoms with Gasteiger partial charge in [-0.2, -0.15) is 0 Å². The number of hydrogen-bond donors (Lipinski definition) is 1. The van der Waals surface area contributed by atoms with E-state index in [2.05, 4.69) is 0 Å². The van der Waals surface area contributed by atoms with Crippen LogP contribution in [-0.4, -0.2) is 4.89 Å². The van der Waals surface area contributed by atoms with Crippen LogP contribution in [0.1, 0.15) is 1.43 Å². The summed E-state index contributed by atoms with van der Waals surface area (Å²) in [7, 11) is -4.14. The monoisotopic (exact) mass is 258 g/mol. The Kier molecular flexibility index (Phi) is 5.52. The average Bonchev–Trinajstić information content (AvgIpc) is 2.30. The van der Waals surface area contributed by atoms with Crippen molar-refractivity contribution in [1.82, 2.24) is 0 Å². The van der Waals surface area contributed by atoms with Gasteiger partial charge >= 0.3 is 26.7 Å². The Hall–Kier alpha value is -1.17. The number of hydrogen-bond acceptors (Lipinski definition) is 3. The first-order valence-electron chi connectivity index (χ1n) is 4.98. The zero-order valence-electron chi connectivity index (χ0n) is 10.9. The fourth-order valence-electron chi connectivity index (χ4n) is 1.25. The molecule has 4 nitrogen and oxygen atoms in total. The summed E-state index contributed by atoms with van der Waals surface area (Å²) in [5.41, 5.74) is 0. The van der Waals surface area contributed by atoms with E-state index in [1.54, 1.807) is 60.7 Å². The van der Waals surface area contributed by atoms with Crippen LogP contribution >= 0.6 is 7.82 Å². The minimum absolute atomic E-state index is 0. The Morgan fingerprint density at radius 1 is 0.833 bits per heavy atom. The molecule has 0 aliphatic rings. The van der Waals surface area contributed by atoms with Gasteiger partial charge in [-0.05, 0) is 24.3 Å². The first-order chi connectivity index (χ1) is 8.16. The maximum atomic E-state index is 11.7. The zero-order valence-corrected chi connectivity index (χ0v) is 10.8. The maximum absolute atomic E-state index is 11.7. The molecule has 1 N–H and O–H groups in total. The molecule has 0 aliphatic heterocycles. The van der Waals surface area contributed by atoms with E-state index in [0.717, 1.165) is 0 Å². The van der Waals surface area contributed by atoms with Crippen LogP contribution in [0.3, 0.4) is 0 Å². The smallest absolute Gasteiger partial charge is 1.00 e. The number of phosphoric ester groups is 1. The second-order valence-corrected chi connectivity index (χ2v) is 4.58. The molecule has 0 aromatic heterocycles. The van der Waals surface area contributed by atoms with Crippen molar-refractivity contribution in [3.63, 3.8) is 0 Å². The molecule has 0 spiro atoms. The van der Waals surface area contributed by atoms with E-state index >= 15 is 0 Å². The van der Waals surface area contributed by atoms with Crippen molar-refractivity contribution in [2.75, 3.05) is 0 Å². The molecule has 0 saturated heterocycles. The van der Waals surface area contributed by atoms with Crippen molar-refractivity contribution in [2.24, 2.45) is 0 Å². The summed E-state index contributed by atoms with van der Waals surface area (Å²) in [6.45, 7) is 0. The van der Waals surface area contributed by atoms with Gasteiger partial charge in [0.15, 0.2) is 0 Å². The SMILES string of the molecule is O=P(O)(Oc1ccccc1)Oc1ccccc1.[H-].[Li+]. The van der Waals surface area contributed by atoms with Gasteiger partial charge in [-0.15, -0.1) is 0 Å². The van der Waals surface area contributed by atoms with Gasteiger partial charge in [0.2, 0.25) is 0 Å². The molecule has 0 unspecified atom stereocenters. The summed E-state index contributed by atoms with van der Waals surface area (Å²) in [6.07, 6.45) is 0. The summed E-state index contributed by atoms with van der Waals surface area (Å²) in [5.74, 6) is 0.573. The van der Waals surface area contributed by atoms with Gasteiger partial charge in [-0.25, -0.2) is 4.57 Å². The molecular formula is C12H12LiO4P. The molecule has 0 aliphatic carbocycles. The van der Waals surface area contributed by atoms with Crippen molar-refractivity contribution < 1.29 is 38.8 Å². The molecule has 0 radical (unpaired) electrons. The van der Waals surface area contributed by atoms with Gasteiger partial charge in [0.05, 0.1) is 0 Å². The van der Waals surface area contributed by atoms with Crippen LogP contribution in [0.2, 0.25) is 0 Å². The van der Waals surface area contributed by atoms with Gasteiger partial charge in [0.1, 0.15) is 11.5 Å². The summed E-state index contributed by atoms with van der Waals surface area (Å²) in [6, 6.07) is 16.7. The molecule has 2 aromatic carbocycles. The third-order valence-corrected chi connectivity index (χ3v) is 2.81. The molecule has 2 rings (SSSR count). The van der Waals surface area contributed by atoms with Crippen LogP contribution < -0.4 is 27.9 Å². The molecule has 18 heavy (non-hydrogen) atoms. The van der Waals surface area contributed by atoms with Gasteiger partial charge in [0.25, 0.3) is 0 Å². The van der Waals surface area contributed by atoms with E-state index in [1.165, 1.54) is 0 Å². The molecule has 0 fully saturated rings. The van der Waals surface area contributed by atoms with E-state index in [1.807, 2.05) is 0 Å². The Balaban J connectivity index is 0.00000162. The Morgan fingerprint density at radius 2 is 1.17 bits per heavy atom. The van der Waals surface area contributed by atoms with Gasteiger partial charge in [-0.3, -0.25) is 4.89 Å². The third-order valence-electron chi connectivity index (χ3n) is 1.93. The number of para-hydroxylation sites is 2. The topological polar surface area (TPSA) is 55.8 Å². The zero-order chi connectivity index (χ0) is 12.1. The number of phosphoric acid groups is 1. The van der Waals surface area contributed by atoms with Crippen LogP contribution in [0.15, 0.2) is 60.7 Å². The number of rotatable bonds is 4. The largest absolute Gasteiger partial charge is 1.00 e. The average molecular weight is 258 g/mol. The molecule has 0 bridgehead atoms. The quantitative estimate of drug-likeness (QED) is 0.635. The van der Waals surface area contributed by atoms with Gasteiger partial charge < -0.3 is 10.5 Å². The van der Waals surface area contributed by atoms with Crippen molar-refractivity contribution in [3.05, 3.63) is 60.7 Å². The van der Waals surface area contributed by atoms with Crippen molar-refractivity contribution in [3.8, 4) is 11.5 Å². The van der Waals surface area contributed by atoms with E-state index in [4.69, 9.17) is 9.05 Å². The van der Waals surface area contributed by atoms with Crippen molar-refractivity contribution >= 4 is 7.82 Å². The number of benzene rings is 2. The molecule has 0 amide bonds. The maximum Gasteiger partial charge on any atom is 1.00 e. The fourth-order valence-corrected chi connectivity index (χ4v) is 2.06. The molecule has 0 saturated carbocycles. The van der Waals surface area contributed by atoms with E-state index in [0.29, 0.717) is 0 Å². The second-order valence-electron chi connectivity index (χ2n) is 3.28. The van der Waals surface area contributed by atoms with Crippen LogP contribution in [0, 0.1) is 0 Å². The summed E-state index contributed by atoms with van der Waals surface area (Å²) in [5, 5.41) is 0. The first kappa shape index (κ1) is 14.9. The molecule has 0 atom stereocenters. The molecule has 0 heterocycles. The molecular weight excluding hydrogens is 246 g/mol. The minimum atomic E-state index is -4.14. The summed E-state index contributed by atoms with van der Waals surface area (Å²) >= 11 is 0. The third kappa shape index (κ3) is 4.60. The summed E-state index contributed by atoms with van der Waals surface area (Å²) in [4.78, 5) is 9.53. The van der Waals surface area contributed by atoms with Crippen LogP contribution in [-0.2, 0) is 4.57 Å². The van der Waals surface area contributed by atoms with Crippen LogP contribution in [0.5, 0.6) is 11.5 Å². The fraction of sp³-hybridized carbons (Fsp3) is 0. The first-order valence-corrected chi connectivity index (χ1v) is 6.47. The van der Waals surface area contributed by atoms with Crippen molar-refractivity contribution in [2.45, 2.75) is 0 Å². The van der Waals surface area contributed by atoms with Gasteiger partial charge in [-0.1, -0.05) is 36.4 Å². The van der Waals surface area contributed by atoms with Gasteiger partial charge in [0, 0.05) is 0 Å². The Bertz CT molecular complexity index is 478. The standard InChI is InChI=1S/C12H11O4P.Li.H/c13-17(14,15-11-7-3-1-4-8-11)16-12-9-5-2-6-10-12;;/h1-10H,(H,13,14);;/q;+1;-1. The molecule has 2 aromatic rings. The van der Waals surface area contributed by atoms with E-state index in [-0.39, 0.29) is 31.8 Å². The van der Waals surface area contributed by atoms with Crippen LogP contribution in [0.4, 0.5) is 0 Å². The predicted molar refractivity (Wildman–Crippen MR) is 65.1 cm³/mol. The van der Waals surface area contributed by atoms with Crippen LogP contribution in [0.25, 0.3) is 0 Å². The van der Waals surface area contributed by atoms with E-state index < -0.39 is 7.82 Å². The second kappa shape index (κ2) is 6.68. The normalized spacial score (nSPS) is 10.3. The molecule has 90 valence electrons. The Labute approximate surface area is 119 Å². The predicted octanol–water partition coefficient (Wildman–Crippen LogP) is 0.361. The minimum Gasteiger partial charge on any atom is -1.00 e. The van der Waals surface area contributed by atoms with E-state index in [9.17, 15) is 9.46 Å². The summed E-state index contributed by atoms with van der Waals surface area (Å²) < 4.78 is 21.5.